The van der Waals surface area contributed by atoms with Crippen molar-refractivity contribution in [3.8, 4) is 0 Å². The van der Waals surface area contributed by atoms with Crippen molar-refractivity contribution >= 4 is 15.7 Å². The molecule has 1 amide bonds. The van der Waals surface area contributed by atoms with Crippen molar-refractivity contribution in [1.29, 1.82) is 0 Å². The zero-order valence-corrected chi connectivity index (χ0v) is 13.8. The van der Waals surface area contributed by atoms with Gasteiger partial charge in [-0.15, -0.1) is 0 Å². The van der Waals surface area contributed by atoms with E-state index in [0.717, 1.165) is 6.07 Å². The molecule has 8 heteroatoms. The second-order valence-electron chi connectivity index (χ2n) is 5.04. The fourth-order valence-electron chi connectivity index (χ4n) is 2.03. The molecule has 2 N–H and O–H groups in total. The van der Waals surface area contributed by atoms with E-state index in [1.54, 1.807) is 0 Å². The molecule has 0 aliphatic heterocycles. The van der Waals surface area contributed by atoms with Crippen LogP contribution in [-0.2, 0) is 9.84 Å². The van der Waals surface area contributed by atoms with Crippen LogP contribution in [0.2, 0.25) is 0 Å². The SMILES string of the molecule is CCS(=O)(=O)c1ccc([C@H](CO)NC(=O)c2cccc(F)c2)nc1. The van der Waals surface area contributed by atoms with Gasteiger partial charge in [-0.3, -0.25) is 9.78 Å². The first-order valence-electron chi connectivity index (χ1n) is 7.23. The molecule has 0 radical (unpaired) electrons. The number of aromatic nitrogens is 1. The second-order valence-corrected chi connectivity index (χ2v) is 7.32. The van der Waals surface area contributed by atoms with Gasteiger partial charge in [-0.25, -0.2) is 12.8 Å². The van der Waals surface area contributed by atoms with Crippen molar-refractivity contribution in [2.45, 2.75) is 17.9 Å². The summed E-state index contributed by atoms with van der Waals surface area (Å²) in [7, 11) is -3.37. The number of pyridine rings is 1. The molecule has 0 saturated heterocycles. The number of sulfone groups is 1. The molecule has 6 nitrogen and oxygen atoms in total. The van der Waals surface area contributed by atoms with Gasteiger partial charge in [0, 0.05) is 11.8 Å². The fourth-order valence-corrected chi connectivity index (χ4v) is 2.85. The molecule has 2 aromatic rings. The van der Waals surface area contributed by atoms with Gasteiger partial charge in [0.1, 0.15) is 5.82 Å². The first-order valence-corrected chi connectivity index (χ1v) is 8.88. The van der Waals surface area contributed by atoms with Gasteiger partial charge in [-0.2, -0.15) is 0 Å². The van der Waals surface area contributed by atoms with Crippen LogP contribution in [0.1, 0.15) is 29.0 Å². The lowest BCUT2D eigenvalue weighted by Crippen LogP contribution is -2.31. The minimum absolute atomic E-state index is 0.0479. The van der Waals surface area contributed by atoms with Gasteiger partial charge < -0.3 is 10.4 Å². The molecule has 0 aliphatic carbocycles. The monoisotopic (exact) mass is 352 g/mol. The predicted molar refractivity (Wildman–Crippen MR) is 85.7 cm³/mol. The average Bonchev–Trinajstić information content (AvgIpc) is 2.59. The maximum Gasteiger partial charge on any atom is 0.251 e. The molecule has 1 atom stereocenters. The number of nitrogens with one attached hydrogen (secondary N) is 1. The van der Waals surface area contributed by atoms with Crippen molar-refractivity contribution in [2.24, 2.45) is 0 Å². The normalized spacial score (nSPS) is 12.6. The summed E-state index contributed by atoms with van der Waals surface area (Å²) in [4.78, 5) is 16.2. The van der Waals surface area contributed by atoms with Crippen molar-refractivity contribution in [3.63, 3.8) is 0 Å². The number of hydrogen-bond donors (Lipinski definition) is 2. The summed E-state index contributed by atoms with van der Waals surface area (Å²) in [5.41, 5.74) is 0.413. The minimum Gasteiger partial charge on any atom is -0.394 e. The molecule has 1 heterocycles. The van der Waals surface area contributed by atoms with Crippen molar-refractivity contribution in [3.05, 3.63) is 59.7 Å². The number of carbonyl (C=O) groups excluding carboxylic acids is 1. The first-order chi connectivity index (χ1) is 11.4. The van der Waals surface area contributed by atoms with Gasteiger partial charge in [0.2, 0.25) is 0 Å². The quantitative estimate of drug-likeness (QED) is 0.821. The van der Waals surface area contributed by atoms with Crippen LogP contribution in [-0.4, -0.2) is 36.8 Å². The highest BCUT2D eigenvalue weighted by Crippen LogP contribution is 2.15. The Morgan fingerprint density at radius 3 is 2.62 bits per heavy atom. The van der Waals surface area contributed by atoms with E-state index in [1.165, 1.54) is 43.5 Å². The topological polar surface area (TPSA) is 96.4 Å². The number of halogens is 1. The standard InChI is InChI=1S/C16H17FN2O4S/c1-2-24(22,23)13-6-7-14(18-9-13)15(10-20)19-16(21)11-4-3-5-12(17)8-11/h3-9,15,20H,2,10H2,1H3,(H,19,21)/t15-/m0/s1. The minimum atomic E-state index is -3.37. The summed E-state index contributed by atoms with van der Waals surface area (Å²) in [6, 6.07) is 7.10. The molecule has 1 aromatic carbocycles. The smallest absolute Gasteiger partial charge is 0.251 e. The fraction of sp³-hybridized carbons (Fsp3) is 0.250. The van der Waals surface area contributed by atoms with E-state index in [0.29, 0.717) is 5.69 Å². The van der Waals surface area contributed by atoms with E-state index in [2.05, 4.69) is 10.3 Å². The van der Waals surface area contributed by atoms with Crippen LogP contribution in [0.4, 0.5) is 4.39 Å². The predicted octanol–water partition coefficient (Wildman–Crippen LogP) is 1.48. The highest BCUT2D eigenvalue weighted by atomic mass is 32.2. The third-order valence-corrected chi connectivity index (χ3v) is 5.15. The maximum absolute atomic E-state index is 13.2. The summed E-state index contributed by atoms with van der Waals surface area (Å²) >= 11 is 0. The molecule has 0 saturated carbocycles. The largest absolute Gasteiger partial charge is 0.394 e. The Balaban J connectivity index is 2.18. The number of benzene rings is 1. The van der Waals surface area contributed by atoms with Crippen molar-refractivity contribution in [1.82, 2.24) is 10.3 Å². The number of carbonyl (C=O) groups is 1. The number of hydrogen-bond acceptors (Lipinski definition) is 5. The first kappa shape index (κ1) is 18.0. The summed E-state index contributed by atoms with van der Waals surface area (Å²) in [6.45, 7) is 1.09. The lowest BCUT2D eigenvalue weighted by Gasteiger charge is -2.16. The highest BCUT2D eigenvalue weighted by molar-refractivity contribution is 7.91. The molecule has 2 rings (SSSR count). The second kappa shape index (κ2) is 7.50. The molecular weight excluding hydrogens is 335 g/mol. The molecule has 24 heavy (non-hydrogen) atoms. The zero-order chi connectivity index (χ0) is 17.7. The third-order valence-electron chi connectivity index (χ3n) is 3.43. The van der Waals surface area contributed by atoms with Gasteiger partial charge in [-0.05, 0) is 30.3 Å². The third kappa shape index (κ3) is 4.15. The maximum atomic E-state index is 13.2. The molecule has 128 valence electrons. The average molecular weight is 352 g/mol. The van der Waals surface area contributed by atoms with Gasteiger partial charge in [0.15, 0.2) is 9.84 Å². The lowest BCUT2D eigenvalue weighted by molar-refractivity contribution is 0.0914. The van der Waals surface area contributed by atoms with E-state index < -0.39 is 34.2 Å². The van der Waals surface area contributed by atoms with Crippen molar-refractivity contribution < 1.29 is 22.7 Å². The Labute approximate surface area is 139 Å². The van der Waals surface area contributed by atoms with Gasteiger partial charge in [0.25, 0.3) is 5.91 Å². The molecule has 0 unspecified atom stereocenters. The number of amides is 1. The number of aliphatic hydroxyl groups excluding tert-OH is 1. The van der Waals surface area contributed by atoms with E-state index in [9.17, 15) is 22.7 Å². The molecule has 0 spiro atoms. The van der Waals surface area contributed by atoms with Crippen LogP contribution in [0.25, 0.3) is 0 Å². The van der Waals surface area contributed by atoms with Gasteiger partial charge in [0.05, 0.1) is 29.0 Å². The highest BCUT2D eigenvalue weighted by Gasteiger charge is 2.18. The Bertz CT molecular complexity index is 822. The van der Waals surface area contributed by atoms with Crippen LogP contribution in [0.15, 0.2) is 47.5 Å². The van der Waals surface area contributed by atoms with Gasteiger partial charge in [-0.1, -0.05) is 13.0 Å². The van der Waals surface area contributed by atoms with Crippen LogP contribution in [0.5, 0.6) is 0 Å². The Kier molecular flexibility index (Phi) is 5.63. The molecular formula is C16H17FN2O4S. The summed E-state index contributed by atoms with van der Waals surface area (Å²) < 4.78 is 36.7. The van der Waals surface area contributed by atoms with Crippen LogP contribution in [0.3, 0.4) is 0 Å². The van der Waals surface area contributed by atoms with Crippen LogP contribution < -0.4 is 5.32 Å². The number of rotatable bonds is 6. The zero-order valence-electron chi connectivity index (χ0n) is 12.9. The molecule has 1 aromatic heterocycles. The van der Waals surface area contributed by atoms with E-state index in [1.807, 2.05) is 0 Å². The van der Waals surface area contributed by atoms with Crippen LogP contribution >= 0.6 is 0 Å². The van der Waals surface area contributed by atoms with Crippen molar-refractivity contribution in [2.75, 3.05) is 12.4 Å². The molecule has 0 aliphatic rings. The summed E-state index contributed by atoms with van der Waals surface area (Å²) in [5.74, 6) is -1.16. The van der Waals surface area contributed by atoms with E-state index in [-0.39, 0.29) is 16.2 Å². The summed E-state index contributed by atoms with van der Waals surface area (Å²) in [6.07, 6.45) is 1.19. The van der Waals surface area contributed by atoms with E-state index >= 15 is 0 Å². The number of nitrogens with zero attached hydrogens (tertiary/aromatic N) is 1. The summed E-state index contributed by atoms with van der Waals surface area (Å²) in [5, 5.41) is 12.0. The molecule has 0 fully saturated rings. The Morgan fingerprint density at radius 1 is 1.33 bits per heavy atom. The van der Waals surface area contributed by atoms with Crippen LogP contribution in [0, 0.1) is 5.82 Å². The van der Waals surface area contributed by atoms with Gasteiger partial charge >= 0.3 is 0 Å². The van der Waals surface area contributed by atoms with E-state index in [4.69, 9.17) is 0 Å². The molecule has 0 bridgehead atoms. The lowest BCUT2D eigenvalue weighted by atomic mass is 10.1. The Hall–Kier alpha value is -2.32. The number of aliphatic hydroxyl groups is 1. The Morgan fingerprint density at radius 2 is 2.08 bits per heavy atom.